The minimum absolute atomic E-state index is 0.0272. The average molecular weight is 324 g/mol. The van der Waals surface area contributed by atoms with E-state index in [1.807, 2.05) is 43.3 Å². The number of nitrogen functional groups attached to an aromatic ring is 1. The van der Waals surface area contributed by atoms with Crippen LogP contribution in [0, 0.1) is 6.92 Å². The van der Waals surface area contributed by atoms with Crippen molar-refractivity contribution in [2.45, 2.75) is 33.1 Å². The normalized spacial score (nSPS) is 11.0. The second-order valence-corrected chi connectivity index (χ2v) is 6.80. The van der Waals surface area contributed by atoms with Crippen molar-refractivity contribution in [2.24, 2.45) is 0 Å². The molecule has 2 N–H and O–H groups in total. The first-order chi connectivity index (χ1) is 11.1. The molecule has 0 aliphatic heterocycles. The minimum atomic E-state index is -0.0272. The van der Waals surface area contributed by atoms with Crippen LogP contribution in [-0.4, -0.2) is 10.8 Å². The molecule has 0 unspecified atom stereocenters. The van der Waals surface area contributed by atoms with E-state index in [2.05, 4.69) is 11.9 Å². The molecule has 0 aliphatic carbocycles. The summed E-state index contributed by atoms with van der Waals surface area (Å²) in [6.07, 6.45) is 3.23. The molecule has 23 heavy (non-hydrogen) atoms. The highest BCUT2D eigenvalue weighted by Crippen LogP contribution is 2.34. The highest BCUT2D eigenvalue weighted by Gasteiger charge is 2.18. The van der Waals surface area contributed by atoms with Gasteiger partial charge in [0.2, 0.25) is 5.78 Å². The quantitative estimate of drug-likeness (QED) is 0.688. The molecule has 0 fully saturated rings. The van der Waals surface area contributed by atoms with Crippen molar-refractivity contribution >= 4 is 33.0 Å². The number of pyridine rings is 1. The molecule has 0 radical (unpaired) electrons. The standard InChI is InChI=1S/C19H20N2OS/c1-3-4-5-14-10-11-15-16(20)18(23-19(15)21-14)17(22)13-8-6-12(2)7-9-13/h6-11H,3-5,20H2,1-2H3. The number of carbonyl (C=O) groups is 1. The van der Waals surface area contributed by atoms with E-state index in [1.165, 1.54) is 11.3 Å². The molecular weight excluding hydrogens is 304 g/mol. The lowest BCUT2D eigenvalue weighted by molar-refractivity contribution is 0.104. The Hall–Kier alpha value is -2.20. The van der Waals surface area contributed by atoms with Gasteiger partial charge < -0.3 is 5.73 Å². The van der Waals surface area contributed by atoms with Gasteiger partial charge in [0.05, 0.1) is 5.69 Å². The molecule has 0 aliphatic rings. The molecule has 0 saturated carbocycles. The number of unbranched alkanes of at least 4 members (excludes halogenated alkanes) is 1. The zero-order chi connectivity index (χ0) is 16.4. The van der Waals surface area contributed by atoms with Gasteiger partial charge in [0.1, 0.15) is 9.71 Å². The number of fused-ring (bicyclic) bond motifs is 1. The van der Waals surface area contributed by atoms with Crippen molar-refractivity contribution in [2.75, 3.05) is 5.73 Å². The minimum Gasteiger partial charge on any atom is -0.397 e. The van der Waals surface area contributed by atoms with Crippen LogP contribution in [0.2, 0.25) is 0 Å². The molecule has 1 aromatic carbocycles. The van der Waals surface area contributed by atoms with Crippen molar-refractivity contribution < 1.29 is 4.79 Å². The number of aromatic nitrogens is 1. The largest absolute Gasteiger partial charge is 0.397 e. The van der Waals surface area contributed by atoms with Gasteiger partial charge >= 0.3 is 0 Å². The Labute approximate surface area is 140 Å². The first-order valence-corrected chi connectivity index (χ1v) is 8.71. The Balaban J connectivity index is 1.99. The molecule has 118 valence electrons. The van der Waals surface area contributed by atoms with E-state index in [9.17, 15) is 4.79 Å². The molecule has 0 saturated heterocycles. The molecule has 0 amide bonds. The molecule has 0 atom stereocenters. The van der Waals surface area contributed by atoms with Crippen LogP contribution in [0.4, 0.5) is 5.69 Å². The van der Waals surface area contributed by atoms with Crippen molar-refractivity contribution in [3.63, 3.8) is 0 Å². The average Bonchev–Trinajstić information content (AvgIpc) is 2.89. The summed E-state index contributed by atoms with van der Waals surface area (Å²) in [5.41, 5.74) is 9.62. The zero-order valence-corrected chi connectivity index (χ0v) is 14.2. The fourth-order valence-electron chi connectivity index (χ4n) is 2.54. The lowest BCUT2D eigenvalue weighted by Gasteiger charge is -2.00. The molecule has 3 aromatic rings. The van der Waals surface area contributed by atoms with Crippen molar-refractivity contribution in [3.8, 4) is 0 Å². The van der Waals surface area contributed by atoms with Gasteiger partial charge in [-0.2, -0.15) is 0 Å². The summed E-state index contributed by atoms with van der Waals surface area (Å²) < 4.78 is 0. The van der Waals surface area contributed by atoms with E-state index in [-0.39, 0.29) is 5.78 Å². The Bertz CT molecular complexity index is 850. The Morgan fingerprint density at radius 3 is 2.61 bits per heavy atom. The zero-order valence-electron chi connectivity index (χ0n) is 13.4. The summed E-state index contributed by atoms with van der Waals surface area (Å²) in [6, 6.07) is 11.6. The number of aryl methyl sites for hydroxylation is 2. The van der Waals surface area contributed by atoms with Crippen LogP contribution in [0.5, 0.6) is 0 Å². The van der Waals surface area contributed by atoms with Crippen LogP contribution in [0.15, 0.2) is 36.4 Å². The van der Waals surface area contributed by atoms with Gasteiger partial charge in [-0.05, 0) is 31.9 Å². The van der Waals surface area contributed by atoms with E-state index < -0.39 is 0 Å². The highest BCUT2D eigenvalue weighted by atomic mass is 32.1. The molecule has 4 heteroatoms. The monoisotopic (exact) mass is 324 g/mol. The molecule has 0 spiro atoms. The number of nitrogens with zero attached hydrogens (tertiary/aromatic N) is 1. The number of thiophene rings is 1. The Morgan fingerprint density at radius 1 is 1.17 bits per heavy atom. The molecule has 0 bridgehead atoms. The van der Waals surface area contributed by atoms with Gasteiger partial charge in [0.25, 0.3) is 0 Å². The maximum atomic E-state index is 12.7. The maximum Gasteiger partial charge on any atom is 0.205 e. The predicted octanol–water partition coefficient (Wildman–Crippen LogP) is 4.76. The molecular formula is C19H20N2OS. The highest BCUT2D eigenvalue weighted by molar-refractivity contribution is 7.21. The number of carbonyl (C=O) groups excluding carboxylic acids is 1. The summed E-state index contributed by atoms with van der Waals surface area (Å²) >= 11 is 1.39. The number of hydrogen-bond acceptors (Lipinski definition) is 4. The summed E-state index contributed by atoms with van der Waals surface area (Å²) in [6.45, 7) is 4.17. The smallest absolute Gasteiger partial charge is 0.205 e. The van der Waals surface area contributed by atoms with E-state index in [0.29, 0.717) is 16.1 Å². The second-order valence-electron chi connectivity index (χ2n) is 5.80. The van der Waals surface area contributed by atoms with Gasteiger partial charge in [-0.1, -0.05) is 43.2 Å². The van der Waals surface area contributed by atoms with Crippen LogP contribution in [0.25, 0.3) is 10.2 Å². The summed E-state index contributed by atoms with van der Waals surface area (Å²) in [7, 11) is 0. The van der Waals surface area contributed by atoms with Gasteiger partial charge in [-0.15, -0.1) is 11.3 Å². The summed E-state index contributed by atoms with van der Waals surface area (Å²) in [5.74, 6) is -0.0272. The summed E-state index contributed by atoms with van der Waals surface area (Å²) in [4.78, 5) is 18.8. The van der Waals surface area contributed by atoms with Crippen LogP contribution < -0.4 is 5.73 Å². The molecule has 2 aromatic heterocycles. The number of rotatable bonds is 5. The van der Waals surface area contributed by atoms with Gasteiger partial charge in [0.15, 0.2) is 0 Å². The lowest BCUT2D eigenvalue weighted by Crippen LogP contribution is -2.01. The fraction of sp³-hybridized carbons (Fsp3) is 0.263. The first kappa shape index (κ1) is 15.7. The van der Waals surface area contributed by atoms with Gasteiger partial charge in [0, 0.05) is 16.6 Å². The predicted molar refractivity (Wildman–Crippen MR) is 97.3 cm³/mol. The van der Waals surface area contributed by atoms with Crippen LogP contribution in [-0.2, 0) is 6.42 Å². The van der Waals surface area contributed by atoms with Crippen LogP contribution in [0.1, 0.15) is 46.3 Å². The second kappa shape index (κ2) is 6.50. The fourth-order valence-corrected chi connectivity index (χ4v) is 3.61. The lowest BCUT2D eigenvalue weighted by atomic mass is 10.1. The van der Waals surface area contributed by atoms with Crippen molar-refractivity contribution in [1.82, 2.24) is 4.98 Å². The first-order valence-electron chi connectivity index (χ1n) is 7.89. The SMILES string of the molecule is CCCCc1ccc2c(N)c(C(=O)c3ccc(C)cc3)sc2n1. The van der Waals surface area contributed by atoms with E-state index >= 15 is 0 Å². The van der Waals surface area contributed by atoms with E-state index in [0.717, 1.165) is 40.7 Å². The maximum absolute atomic E-state index is 12.7. The summed E-state index contributed by atoms with van der Waals surface area (Å²) in [5, 5.41) is 0.880. The van der Waals surface area contributed by atoms with E-state index in [4.69, 9.17) is 5.73 Å². The third kappa shape index (κ3) is 3.13. The topological polar surface area (TPSA) is 56.0 Å². The number of anilines is 1. The Morgan fingerprint density at radius 2 is 1.91 bits per heavy atom. The Kier molecular flexibility index (Phi) is 4.44. The third-order valence-electron chi connectivity index (χ3n) is 3.96. The number of ketones is 1. The number of benzene rings is 1. The van der Waals surface area contributed by atoms with Gasteiger partial charge in [-0.3, -0.25) is 4.79 Å². The van der Waals surface area contributed by atoms with Gasteiger partial charge in [-0.25, -0.2) is 4.98 Å². The van der Waals surface area contributed by atoms with Crippen LogP contribution >= 0.6 is 11.3 Å². The van der Waals surface area contributed by atoms with Crippen molar-refractivity contribution in [3.05, 3.63) is 58.1 Å². The number of hydrogen-bond donors (Lipinski definition) is 1. The van der Waals surface area contributed by atoms with Crippen molar-refractivity contribution in [1.29, 1.82) is 0 Å². The molecule has 3 rings (SSSR count). The molecule has 2 heterocycles. The van der Waals surface area contributed by atoms with Crippen LogP contribution in [0.3, 0.4) is 0 Å². The van der Waals surface area contributed by atoms with E-state index in [1.54, 1.807) is 0 Å². The third-order valence-corrected chi connectivity index (χ3v) is 5.07. The molecule has 3 nitrogen and oxygen atoms in total. The number of nitrogens with two attached hydrogens (primary N) is 1.